The van der Waals surface area contributed by atoms with Crippen molar-refractivity contribution in [1.82, 2.24) is 4.98 Å². The lowest BCUT2D eigenvalue weighted by atomic mass is 10.2. The summed E-state index contributed by atoms with van der Waals surface area (Å²) in [6.45, 7) is 1.98. The maximum absolute atomic E-state index is 12.0. The van der Waals surface area contributed by atoms with Crippen molar-refractivity contribution in [3.05, 3.63) is 53.9 Å². The van der Waals surface area contributed by atoms with Crippen LogP contribution in [0.3, 0.4) is 0 Å². The van der Waals surface area contributed by atoms with Gasteiger partial charge in [-0.15, -0.1) is 0 Å². The Morgan fingerprint density at radius 3 is 2.85 bits per heavy atom. The molecule has 1 aromatic heterocycles. The van der Waals surface area contributed by atoms with E-state index in [1.165, 1.54) is 0 Å². The Kier molecular flexibility index (Phi) is 4.71. The van der Waals surface area contributed by atoms with Gasteiger partial charge in [-0.3, -0.25) is 9.78 Å². The minimum absolute atomic E-state index is 0.0421. The number of anilines is 1. The summed E-state index contributed by atoms with van der Waals surface area (Å²) in [5.41, 5.74) is 2.70. The summed E-state index contributed by atoms with van der Waals surface area (Å²) >= 11 is 0. The second-order valence-electron chi connectivity index (χ2n) is 4.57. The molecule has 0 atom stereocenters. The van der Waals surface area contributed by atoms with Crippen LogP contribution < -0.4 is 10.1 Å². The summed E-state index contributed by atoms with van der Waals surface area (Å²) < 4.78 is 5.24. The molecule has 0 fully saturated rings. The number of nitrogens with one attached hydrogen (secondary N) is 1. The monoisotopic (exact) mass is 270 g/mol. The highest BCUT2D eigenvalue weighted by atomic mass is 16.5. The molecule has 1 amide bonds. The highest BCUT2D eigenvalue weighted by molar-refractivity contribution is 5.92. The van der Waals surface area contributed by atoms with Gasteiger partial charge >= 0.3 is 0 Å². The van der Waals surface area contributed by atoms with Gasteiger partial charge in [0.25, 0.3) is 0 Å². The molecule has 1 aromatic carbocycles. The van der Waals surface area contributed by atoms with Crippen molar-refractivity contribution in [2.24, 2.45) is 0 Å². The Labute approximate surface area is 118 Å². The minimum atomic E-state index is -0.0421. The number of amides is 1. The predicted octanol–water partition coefficient (Wildman–Crippen LogP) is 2.97. The van der Waals surface area contributed by atoms with Gasteiger partial charge in [0.15, 0.2) is 0 Å². The van der Waals surface area contributed by atoms with Crippen molar-refractivity contribution in [1.29, 1.82) is 0 Å². The highest BCUT2D eigenvalue weighted by Gasteiger charge is 2.08. The molecule has 0 saturated carbocycles. The van der Waals surface area contributed by atoms with Crippen molar-refractivity contribution in [2.45, 2.75) is 19.8 Å². The van der Waals surface area contributed by atoms with Crippen LogP contribution in [0.2, 0.25) is 0 Å². The van der Waals surface area contributed by atoms with Gasteiger partial charge in [-0.2, -0.15) is 0 Å². The van der Waals surface area contributed by atoms with Gasteiger partial charge < -0.3 is 10.1 Å². The first-order chi connectivity index (χ1) is 9.69. The molecule has 0 aliphatic carbocycles. The lowest BCUT2D eigenvalue weighted by Gasteiger charge is -2.10. The summed E-state index contributed by atoms with van der Waals surface area (Å²) in [6, 6.07) is 11.4. The molecule has 0 saturated heterocycles. The van der Waals surface area contributed by atoms with Crippen LogP contribution in [0.5, 0.6) is 5.75 Å². The van der Waals surface area contributed by atoms with E-state index in [-0.39, 0.29) is 5.91 Å². The molecule has 2 aromatic rings. The SMILES string of the molecule is COc1ccc(C)cc1NC(=O)CCc1ccccn1. The van der Waals surface area contributed by atoms with E-state index in [4.69, 9.17) is 4.74 Å². The van der Waals surface area contributed by atoms with Crippen LogP contribution in [0.1, 0.15) is 17.7 Å². The topological polar surface area (TPSA) is 51.2 Å². The number of ether oxygens (including phenoxy) is 1. The third-order valence-electron chi connectivity index (χ3n) is 2.96. The second kappa shape index (κ2) is 6.70. The summed E-state index contributed by atoms with van der Waals surface area (Å²) in [5.74, 6) is 0.626. The standard InChI is InChI=1S/C16H18N2O2/c1-12-6-8-15(20-2)14(11-12)18-16(19)9-7-13-5-3-4-10-17-13/h3-6,8,10-11H,7,9H2,1-2H3,(H,18,19). The van der Waals surface area contributed by atoms with Gasteiger partial charge in [-0.05, 0) is 43.2 Å². The third-order valence-corrected chi connectivity index (χ3v) is 2.96. The average Bonchev–Trinajstić information content (AvgIpc) is 2.46. The normalized spacial score (nSPS) is 10.1. The van der Waals surface area contributed by atoms with Crippen LogP contribution in [0.15, 0.2) is 42.6 Å². The maximum atomic E-state index is 12.0. The number of methoxy groups -OCH3 is 1. The molecule has 0 spiro atoms. The van der Waals surface area contributed by atoms with Gasteiger partial charge in [-0.1, -0.05) is 12.1 Å². The molecular formula is C16H18N2O2. The fourth-order valence-electron chi connectivity index (χ4n) is 1.92. The van der Waals surface area contributed by atoms with Crippen LogP contribution in [0.4, 0.5) is 5.69 Å². The molecule has 20 heavy (non-hydrogen) atoms. The van der Waals surface area contributed by atoms with E-state index in [9.17, 15) is 4.79 Å². The van der Waals surface area contributed by atoms with Crippen molar-refractivity contribution in [2.75, 3.05) is 12.4 Å². The number of nitrogens with zero attached hydrogens (tertiary/aromatic N) is 1. The van der Waals surface area contributed by atoms with Crippen molar-refractivity contribution in [3.63, 3.8) is 0 Å². The molecule has 4 nitrogen and oxygen atoms in total. The smallest absolute Gasteiger partial charge is 0.224 e. The molecule has 0 aliphatic rings. The molecular weight excluding hydrogens is 252 g/mol. The van der Waals surface area contributed by atoms with Gasteiger partial charge in [0.05, 0.1) is 12.8 Å². The van der Waals surface area contributed by atoms with Gasteiger partial charge in [0.1, 0.15) is 5.75 Å². The first kappa shape index (κ1) is 14.1. The second-order valence-corrected chi connectivity index (χ2v) is 4.57. The first-order valence-corrected chi connectivity index (χ1v) is 6.53. The Morgan fingerprint density at radius 1 is 1.30 bits per heavy atom. The molecule has 0 aliphatic heterocycles. The van der Waals surface area contributed by atoms with Crippen LogP contribution >= 0.6 is 0 Å². The lowest BCUT2D eigenvalue weighted by molar-refractivity contribution is -0.116. The molecule has 0 bridgehead atoms. The Bertz CT molecular complexity index is 582. The Morgan fingerprint density at radius 2 is 2.15 bits per heavy atom. The molecule has 1 heterocycles. The number of hydrogen-bond acceptors (Lipinski definition) is 3. The molecule has 104 valence electrons. The van der Waals surface area contributed by atoms with E-state index in [0.29, 0.717) is 24.3 Å². The molecule has 0 radical (unpaired) electrons. The van der Waals surface area contributed by atoms with Gasteiger partial charge in [0, 0.05) is 18.3 Å². The summed E-state index contributed by atoms with van der Waals surface area (Å²) in [4.78, 5) is 16.2. The zero-order chi connectivity index (χ0) is 14.4. The van der Waals surface area contributed by atoms with Crippen molar-refractivity contribution < 1.29 is 9.53 Å². The average molecular weight is 270 g/mol. The van der Waals surface area contributed by atoms with Crippen molar-refractivity contribution in [3.8, 4) is 5.75 Å². The quantitative estimate of drug-likeness (QED) is 0.908. The number of carbonyl (C=O) groups excluding carboxylic acids is 1. The van der Waals surface area contributed by atoms with E-state index in [0.717, 1.165) is 11.3 Å². The number of aryl methyl sites for hydroxylation is 2. The summed E-state index contributed by atoms with van der Waals surface area (Å²) in [5, 5.41) is 2.88. The number of aromatic nitrogens is 1. The van der Waals surface area contributed by atoms with Crippen LogP contribution in [-0.4, -0.2) is 18.0 Å². The number of hydrogen-bond donors (Lipinski definition) is 1. The predicted molar refractivity (Wildman–Crippen MR) is 78.9 cm³/mol. The number of carbonyl (C=O) groups is 1. The van der Waals surface area contributed by atoms with E-state index in [1.54, 1.807) is 13.3 Å². The number of benzene rings is 1. The van der Waals surface area contributed by atoms with E-state index in [2.05, 4.69) is 10.3 Å². The molecule has 2 rings (SSSR count). The van der Waals surface area contributed by atoms with Crippen molar-refractivity contribution >= 4 is 11.6 Å². The molecule has 4 heteroatoms. The number of pyridine rings is 1. The van der Waals surface area contributed by atoms with E-state index in [1.807, 2.05) is 43.3 Å². The minimum Gasteiger partial charge on any atom is -0.495 e. The summed E-state index contributed by atoms with van der Waals surface area (Å²) in [6.07, 6.45) is 2.76. The lowest BCUT2D eigenvalue weighted by Crippen LogP contribution is -2.13. The van der Waals surface area contributed by atoms with Gasteiger partial charge in [-0.25, -0.2) is 0 Å². The fourth-order valence-corrected chi connectivity index (χ4v) is 1.92. The van der Waals surface area contributed by atoms with Crippen LogP contribution in [-0.2, 0) is 11.2 Å². The highest BCUT2D eigenvalue weighted by Crippen LogP contribution is 2.25. The zero-order valence-corrected chi connectivity index (χ0v) is 11.7. The van der Waals surface area contributed by atoms with Crippen LogP contribution in [0, 0.1) is 6.92 Å². The summed E-state index contributed by atoms with van der Waals surface area (Å²) in [7, 11) is 1.59. The number of rotatable bonds is 5. The first-order valence-electron chi connectivity index (χ1n) is 6.53. The van der Waals surface area contributed by atoms with E-state index >= 15 is 0 Å². The molecule has 0 unspecified atom stereocenters. The fraction of sp³-hybridized carbons (Fsp3) is 0.250. The Balaban J connectivity index is 1.96. The molecule has 1 N–H and O–H groups in total. The third kappa shape index (κ3) is 3.82. The largest absolute Gasteiger partial charge is 0.495 e. The van der Waals surface area contributed by atoms with Crippen LogP contribution in [0.25, 0.3) is 0 Å². The van der Waals surface area contributed by atoms with Gasteiger partial charge in [0.2, 0.25) is 5.91 Å². The van der Waals surface area contributed by atoms with E-state index < -0.39 is 0 Å². The zero-order valence-electron chi connectivity index (χ0n) is 11.7. The Hall–Kier alpha value is -2.36. The maximum Gasteiger partial charge on any atom is 0.224 e.